The molecule has 240 valence electrons. The van der Waals surface area contributed by atoms with Gasteiger partial charge in [0, 0.05) is 0 Å². The Kier molecular flexibility index (Phi) is 9.19. The highest BCUT2D eigenvalue weighted by atomic mass is 32.3. The van der Waals surface area contributed by atoms with E-state index >= 15 is 0 Å². The number of rotatable bonds is 8. The zero-order valence-corrected chi connectivity index (χ0v) is 27.2. The fraction of sp³-hybridized carbons (Fsp3) is 1.00. The molecule has 0 aromatic carbocycles. The lowest BCUT2D eigenvalue weighted by Crippen LogP contribution is -2.58. The van der Waals surface area contributed by atoms with Gasteiger partial charge in [-0.05, 0) is 109 Å². The fourth-order valence-corrected chi connectivity index (χ4v) is 11.0. The van der Waals surface area contributed by atoms with Crippen LogP contribution in [0.5, 0.6) is 0 Å². The Hall–Kier alpha value is -0.340. The van der Waals surface area contributed by atoms with Crippen LogP contribution in [0.25, 0.3) is 0 Å². The number of hydrogen-bond donors (Lipinski definition) is 4. The Bertz CT molecular complexity index is 1170. The summed E-state index contributed by atoms with van der Waals surface area (Å²) in [5, 5.41) is 22.4. The van der Waals surface area contributed by atoms with Crippen LogP contribution in [0.3, 0.4) is 0 Å². The van der Waals surface area contributed by atoms with Crippen molar-refractivity contribution in [3.8, 4) is 0 Å². The van der Waals surface area contributed by atoms with E-state index in [4.69, 9.17) is 8.37 Å². The summed E-state index contributed by atoms with van der Waals surface area (Å²) < 4.78 is 75.0. The van der Waals surface area contributed by atoms with Crippen molar-refractivity contribution < 1.29 is 44.5 Å². The van der Waals surface area contributed by atoms with E-state index in [1.165, 1.54) is 0 Å². The molecule has 3 unspecified atom stereocenters. The Labute approximate surface area is 246 Å². The summed E-state index contributed by atoms with van der Waals surface area (Å²) in [5.41, 5.74) is -0.484. The Balaban J connectivity index is 1.55. The van der Waals surface area contributed by atoms with Gasteiger partial charge >= 0.3 is 20.8 Å². The maximum Gasteiger partial charge on any atom is 0.397 e. The van der Waals surface area contributed by atoms with Gasteiger partial charge in [0.05, 0.1) is 12.2 Å². The zero-order chi connectivity index (χ0) is 30.9. The van der Waals surface area contributed by atoms with Crippen molar-refractivity contribution in [3.05, 3.63) is 0 Å². The summed E-state index contributed by atoms with van der Waals surface area (Å²) in [7, 11) is -9.73. The van der Waals surface area contributed by atoms with Gasteiger partial charge in [0.2, 0.25) is 0 Å². The van der Waals surface area contributed by atoms with Crippen LogP contribution in [0.1, 0.15) is 99.8 Å². The van der Waals surface area contributed by atoms with Crippen molar-refractivity contribution in [2.45, 2.75) is 124 Å². The average Bonchev–Trinajstić information content (AvgIpc) is 3.17. The highest BCUT2D eigenvalue weighted by Crippen LogP contribution is 2.68. The van der Waals surface area contributed by atoms with Gasteiger partial charge in [-0.25, -0.2) is 8.37 Å². The molecule has 0 heterocycles. The van der Waals surface area contributed by atoms with E-state index in [-0.39, 0.29) is 58.7 Å². The normalized spacial score (nSPS) is 42.9. The van der Waals surface area contributed by atoms with Crippen LogP contribution in [0.15, 0.2) is 0 Å². The standard InChI is InChI=1S/C29H52O10S2/c1-16(25(30)26(31)17(2)27(3,4)5)20-10-11-21-19-9-8-18-14-23(38-40(32,33)34)24(39-41(35,36)37)15-29(18,7)22(19)12-13-28(20,21)6/h16-26,30-31H,8-15H2,1-7H3,(H,32,33,34)(H,35,36,37)/t16-,17?,18-,19-,20+,21-,22-,23-,24-,25?,26?,28+,29-/m0/s1. The average molecular weight is 625 g/mol. The molecule has 0 aliphatic heterocycles. The van der Waals surface area contributed by atoms with Crippen LogP contribution in [0.4, 0.5) is 0 Å². The molecule has 0 bridgehead atoms. The number of hydrogen-bond acceptors (Lipinski definition) is 8. The lowest BCUT2D eigenvalue weighted by atomic mass is 9.44. The molecule has 0 radical (unpaired) electrons. The molecule has 0 amide bonds. The third-order valence-electron chi connectivity index (χ3n) is 12.6. The number of fused-ring (bicyclic) bond motifs is 5. The molecule has 0 aromatic heterocycles. The molecule has 0 saturated heterocycles. The highest BCUT2D eigenvalue weighted by Gasteiger charge is 2.63. The van der Waals surface area contributed by atoms with Crippen molar-refractivity contribution >= 4 is 20.8 Å². The summed E-state index contributed by atoms with van der Waals surface area (Å²) in [6.45, 7) is 14.8. The van der Waals surface area contributed by atoms with Crippen molar-refractivity contribution in [2.75, 3.05) is 0 Å². The topological polar surface area (TPSA) is 168 Å². The van der Waals surface area contributed by atoms with E-state index in [0.717, 1.165) is 38.5 Å². The van der Waals surface area contributed by atoms with E-state index in [0.29, 0.717) is 11.8 Å². The molecule has 4 saturated carbocycles. The molecule has 10 nitrogen and oxygen atoms in total. The molecule has 0 aromatic rings. The molecule has 4 N–H and O–H groups in total. The van der Waals surface area contributed by atoms with E-state index < -0.39 is 45.2 Å². The highest BCUT2D eigenvalue weighted by molar-refractivity contribution is 7.81. The predicted molar refractivity (Wildman–Crippen MR) is 153 cm³/mol. The minimum atomic E-state index is -4.88. The van der Waals surface area contributed by atoms with Gasteiger partial charge in [-0.3, -0.25) is 9.11 Å². The van der Waals surface area contributed by atoms with Crippen molar-refractivity contribution in [1.82, 2.24) is 0 Å². The zero-order valence-electron chi connectivity index (χ0n) is 25.6. The molecule has 4 fully saturated rings. The first-order chi connectivity index (χ1) is 18.6. The van der Waals surface area contributed by atoms with Crippen LogP contribution in [0.2, 0.25) is 0 Å². The van der Waals surface area contributed by atoms with Gasteiger partial charge < -0.3 is 10.2 Å². The van der Waals surface area contributed by atoms with Gasteiger partial charge in [-0.15, -0.1) is 0 Å². The van der Waals surface area contributed by atoms with Gasteiger partial charge in [0.25, 0.3) is 0 Å². The molecule has 41 heavy (non-hydrogen) atoms. The molecule has 4 aliphatic rings. The summed E-state index contributed by atoms with van der Waals surface area (Å²) in [4.78, 5) is 0. The Morgan fingerprint density at radius 2 is 1.34 bits per heavy atom. The lowest BCUT2D eigenvalue weighted by Gasteiger charge is -2.62. The molecular formula is C29H52O10S2. The molecule has 4 aliphatic carbocycles. The van der Waals surface area contributed by atoms with E-state index in [1.54, 1.807) is 0 Å². The second-order valence-corrected chi connectivity index (χ2v) is 17.5. The van der Waals surface area contributed by atoms with Gasteiger partial charge in [-0.2, -0.15) is 16.8 Å². The van der Waals surface area contributed by atoms with Crippen molar-refractivity contribution in [3.63, 3.8) is 0 Å². The van der Waals surface area contributed by atoms with Gasteiger partial charge in [0.15, 0.2) is 0 Å². The van der Waals surface area contributed by atoms with Crippen molar-refractivity contribution in [1.29, 1.82) is 0 Å². The first kappa shape index (κ1) is 33.6. The maximum absolute atomic E-state index is 11.7. The van der Waals surface area contributed by atoms with Crippen LogP contribution in [-0.2, 0) is 29.2 Å². The maximum atomic E-state index is 11.7. The second kappa shape index (κ2) is 11.2. The molecule has 12 heteroatoms. The van der Waals surface area contributed by atoms with Crippen LogP contribution in [0, 0.1) is 57.7 Å². The van der Waals surface area contributed by atoms with Crippen molar-refractivity contribution in [2.24, 2.45) is 57.7 Å². The molecule has 0 spiro atoms. The van der Waals surface area contributed by atoms with Gasteiger partial charge in [-0.1, -0.05) is 48.5 Å². The van der Waals surface area contributed by atoms with Crippen LogP contribution in [-0.4, -0.2) is 60.6 Å². The van der Waals surface area contributed by atoms with E-state index in [2.05, 4.69) is 41.5 Å². The van der Waals surface area contributed by atoms with Crippen LogP contribution < -0.4 is 0 Å². The minimum Gasteiger partial charge on any atom is -0.390 e. The Morgan fingerprint density at radius 1 is 0.780 bits per heavy atom. The second-order valence-electron chi connectivity index (χ2n) is 15.4. The summed E-state index contributed by atoms with van der Waals surface area (Å²) in [6, 6.07) is 0. The summed E-state index contributed by atoms with van der Waals surface area (Å²) in [5.74, 6) is 1.25. The molecule has 13 atom stereocenters. The monoisotopic (exact) mass is 624 g/mol. The summed E-state index contributed by atoms with van der Waals surface area (Å²) in [6.07, 6.45) is 1.98. The van der Waals surface area contributed by atoms with Crippen LogP contribution >= 0.6 is 0 Å². The Morgan fingerprint density at radius 3 is 1.90 bits per heavy atom. The minimum absolute atomic E-state index is 0.00503. The van der Waals surface area contributed by atoms with Gasteiger partial charge in [0.1, 0.15) is 12.2 Å². The largest absolute Gasteiger partial charge is 0.397 e. The molecule has 4 rings (SSSR count). The number of aliphatic hydroxyl groups excluding tert-OH is 2. The number of aliphatic hydroxyl groups is 2. The predicted octanol–water partition coefficient (Wildman–Crippen LogP) is 4.67. The quantitative estimate of drug-likeness (QED) is 0.279. The van der Waals surface area contributed by atoms with E-state index in [1.807, 2.05) is 6.92 Å². The summed E-state index contributed by atoms with van der Waals surface area (Å²) >= 11 is 0. The third kappa shape index (κ3) is 6.55. The van der Waals surface area contributed by atoms with E-state index in [9.17, 15) is 36.2 Å². The SMILES string of the molecule is CC(C(O)C(O)[C@@H](C)[C@H]1CC[C@H]2[C@@H]3CC[C@H]4C[C@H](OS(=O)(=O)O)[C@@H](OS(=O)(=O)O)C[C@]4(C)[C@H]3CC[C@]12C)C(C)(C)C. The first-order valence-corrected chi connectivity index (χ1v) is 18.0. The molecular weight excluding hydrogens is 572 g/mol. The smallest absolute Gasteiger partial charge is 0.390 e. The lowest BCUT2D eigenvalue weighted by molar-refractivity contribution is -0.156. The third-order valence-corrected chi connectivity index (χ3v) is 13.6. The first-order valence-electron chi connectivity index (χ1n) is 15.3. The fourth-order valence-electron chi connectivity index (χ4n) is 10.0.